The number of terminal acetylenes is 1. The van der Waals surface area contributed by atoms with Crippen molar-refractivity contribution in [1.82, 2.24) is 0 Å². The lowest BCUT2D eigenvalue weighted by molar-refractivity contribution is -0.135. The van der Waals surface area contributed by atoms with Crippen LogP contribution in [0.4, 0.5) is 26.3 Å². The van der Waals surface area contributed by atoms with Gasteiger partial charge >= 0.3 is 12.4 Å². The number of rotatable bonds is 9. The van der Waals surface area contributed by atoms with E-state index in [1.54, 1.807) is 26.0 Å². The van der Waals surface area contributed by atoms with E-state index in [1.165, 1.54) is 12.3 Å². The summed E-state index contributed by atoms with van der Waals surface area (Å²) < 4.78 is 73.1. The molecule has 2 unspecified atom stereocenters. The van der Waals surface area contributed by atoms with Crippen molar-refractivity contribution >= 4 is 6.21 Å². The highest BCUT2D eigenvalue weighted by Gasteiger charge is 2.28. The molecule has 0 spiro atoms. The summed E-state index contributed by atoms with van der Waals surface area (Å²) in [7, 11) is 0. The Morgan fingerprint density at radius 1 is 1.04 bits per heavy atom. The van der Waals surface area contributed by atoms with Crippen LogP contribution < -0.4 is 0 Å². The Kier molecular flexibility index (Phi) is 9.61. The van der Waals surface area contributed by atoms with Gasteiger partial charge in [0.05, 0.1) is 12.5 Å². The van der Waals surface area contributed by atoms with Crippen molar-refractivity contribution in [1.29, 1.82) is 0 Å². The molecule has 142 valence electrons. The highest BCUT2D eigenvalue weighted by atomic mass is 19.4. The molecule has 0 heterocycles. The van der Waals surface area contributed by atoms with Gasteiger partial charge in [0.25, 0.3) is 0 Å². The van der Waals surface area contributed by atoms with Gasteiger partial charge < -0.3 is 0 Å². The van der Waals surface area contributed by atoms with Crippen molar-refractivity contribution in [3.8, 4) is 12.3 Å². The predicted octanol–water partition coefficient (Wildman–Crippen LogP) is 6.27. The minimum atomic E-state index is -4.30. The highest BCUT2D eigenvalue weighted by Crippen LogP contribution is 2.30. The third-order valence-corrected chi connectivity index (χ3v) is 3.56. The minimum Gasteiger partial charge on any atom is -0.293 e. The van der Waals surface area contributed by atoms with Gasteiger partial charge in [-0.1, -0.05) is 31.2 Å². The second-order valence-electron chi connectivity index (χ2n) is 5.91. The smallest absolute Gasteiger partial charge is 0.293 e. The fourth-order valence-corrected chi connectivity index (χ4v) is 1.95. The summed E-state index contributed by atoms with van der Waals surface area (Å²) in [5, 5.41) is 0. The second-order valence-corrected chi connectivity index (χ2v) is 5.91. The third kappa shape index (κ3) is 12.3. The molecule has 0 aliphatic carbocycles. The number of allylic oxidation sites excluding steroid dienone is 2. The van der Waals surface area contributed by atoms with Gasteiger partial charge in [-0.3, -0.25) is 4.99 Å². The van der Waals surface area contributed by atoms with Gasteiger partial charge in [-0.2, -0.15) is 26.3 Å². The number of hydrogen-bond donors (Lipinski definition) is 0. The quantitative estimate of drug-likeness (QED) is 0.150. The van der Waals surface area contributed by atoms with Crippen molar-refractivity contribution in [3.05, 3.63) is 24.3 Å². The number of unbranched alkanes of at least 4 members (excludes halogenated alkanes) is 1. The molecule has 7 heteroatoms. The summed E-state index contributed by atoms with van der Waals surface area (Å²) in [6.45, 7) is 3.39. The van der Waals surface area contributed by atoms with Gasteiger partial charge in [0, 0.05) is 18.3 Å². The lowest BCUT2D eigenvalue weighted by Gasteiger charge is -2.27. The van der Waals surface area contributed by atoms with Crippen LogP contribution in [0, 0.1) is 17.8 Å². The number of nitrogens with zero attached hydrogens (tertiary/aromatic N) is 1. The van der Waals surface area contributed by atoms with E-state index in [4.69, 9.17) is 6.42 Å². The molecule has 1 nitrogen and oxygen atoms in total. The summed E-state index contributed by atoms with van der Waals surface area (Å²) in [5.74, 6) is 2.40. The van der Waals surface area contributed by atoms with E-state index in [9.17, 15) is 26.3 Å². The van der Waals surface area contributed by atoms with Crippen LogP contribution in [0.1, 0.15) is 46.0 Å². The summed E-state index contributed by atoms with van der Waals surface area (Å²) in [6.07, 6.45) is 2.26. The van der Waals surface area contributed by atoms with Crippen LogP contribution in [0.25, 0.3) is 0 Å². The normalized spacial score (nSPS) is 17.2. The van der Waals surface area contributed by atoms with Crippen molar-refractivity contribution in [2.75, 3.05) is 0 Å². The van der Waals surface area contributed by atoms with E-state index in [1.807, 2.05) is 0 Å². The summed E-state index contributed by atoms with van der Waals surface area (Å²) in [5.41, 5.74) is -0.817. The fraction of sp³-hybridized carbons (Fsp3) is 0.611. The SMILES string of the molecule is C#CC/C=C\C(C)(/C=C\CC(F)(F)F)C(C)/N=C/CCCC(F)(F)F. The van der Waals surface area contributed by atoms with Crippen LogP contribution in [0.5, 0.6) is 0 Å². The zero-order chi connectivity index (χ0) is 19.6. The van der Waals surface area contributed by atoms with Crippen molar-refractivity contribution in [3.63, 3.8) is 0 Å². The van der Waals surface area contributed by atoms with E-state index >= 15 is 0 Å². The second kappa shape index (κ2) is 10.3. The molecule has 25 heavy (non-hydrogen) atoms. The Labute approximate surface area is 144 Å². The zero-order valence-corrected chi connectivity index (χ0v) is 14.3. The van der Waals surface area contributed by atoms with Crippen LogP contribution in [-0.2, 0) is 0 Å². The molecule has 2 atom stereocenters. The van der Waals surface area contributed by atoms with Crippen LogP contribution in [0.15, 0.2) is 29.3 Å². The van der Waals surface area contributed by atoms with Crippen molar-refractivity contribution < 1.29 is 26.3 Å². The molecule has 0 aliphatic rings. The summed E-state index contributed by atoms with van der Waals surface area (Å²) >= 11 is 0. The Morgan fingerprint density at radius 2 is 1.64 bits per heavy atom. The first kappa shape index (κ1) is 23.3. The topological polar surface area (TPSA) is 12.4 Å². The van der Waals surface area contributed by atoms with Gasteiger partial charge in [0.2, 0.25) is 0 Å². The predicted molar refractivity (Wildman–Crippen MR) is 88.4 cm³/mol. The molecule has 0 saturated heterocycles. The lowest BCUT2D eigenvalue weighted by Crippen LogP contribution is -2.24. The molecule has 0 radical (unpaired) electrons. The van der Waals surface area contributed by atoms with Gasteiger partial charge in [-0.05, 0) is 26.0 Å². The first-order valence-corrected chi connectivity index (χ1v) is 7.83. The van der Waals surface area contributed by atoms with Crippen LogP contribution in [-0.4, -0.2) is 24.6 Å². The van der Waals surface area contributed by atoms with Gasteiger partial charge in [-0.15, -0.1) is 12.3 Å². The molecule has 0 bridgehead atoms. The maximum Gasteiger partial charge on any atom is 0.392 e. The molecule has 0 aliphatic heterocycles. The number of hydrogen-bond acceptors (Lipinski definition) is 1. The number of aliphatic imine (C=N–C) groups is 1. The van der Waals surface area contributed by atoms with Gasteiger partial charge in [0.15, 0.2) is 0 Å². The standard InChI is InChI=1S/C18H23F6N/c1-4-5-6-10-16(3,11-9-13-18(22,23)24)15(2)25-14-8-7-12-17(19,20)21/h1,6,9-11,14-15H,5,7-8,12-13H2,2-3H3/b10-6-,11-9-,25-14+. The molecule has 0 saturated carbocycles. The third-order valence-electron chi connectivity index (χ3n) is 3.56. The van der Waals surface area contributed by atoms with E-state index < -0.39 is 36.7 Å². The Morgan fingerprint density at radius 3 is 2.16 bits per heavy atom. The first-order valence-electron chi connectivity index (χ1n) is 7.83. The maximum atomic E-state index is 12.3. The van der Waals surface area contributed by atoms with Crippen LogP contribution in [0.2, 0.25) is 0 Å². The molecular weight excluding hydrogens is 344 g/mol. The average molecular weight is 367 g/mol. The Hall–Kier alpha value is -1.71. The van der Waals surface area contributed by atoms with Gasteiger partial charge in [0.1, 0.15) is 0 Å². The Balaban J connectivity index is 4.92. The minimum absolute atomic E-state index is 0.0761. The number of halogens is 6. The highest BCUT2D eigenvalue weighted by molar-refractivity contribution is 5.57. The molecular formula is C18H23F6N. The monoisotopic (exact) mass is 367 g/mol. The van der Waals surface area contributed by atoms with E-state index in [-0.39, 0.29) is 12.8 Å². The van der Waals surface area contributed by atoms with Gasteiger partial charge in [-0.25, -0.2) is 0 Å². The van der Waals surface area contributed by atoms with E-state index in [0.717, 1.165) is 6.08 Å². The largest absolute Gasteiger partial charge is 0.392 e. The van der Waals surface area contributed by atoms with Crippen LogP contribution >= 0.6 is 0 Å². The van der Waals surface area contributed by atoms with Crippen molar-refractivity contribution in [2.45, 2.75) is 64.3 Å². The van der Waals surface area contributed by atoms with E-state index in [2.05, 4.69) is 10.9 Å². The number of alkyl halides is 6. The van der Waals surface area contributed by atoms with Crippen molar-refractivity contribution in [2.24, 2.45) is 10.4 Å². The molecule has 0 aromatic rings. The molecule has 0 fully saturated rings. The molecule has 0 N–H and O–H groups in total. The van der Waals surface area contributed by atoms with E-state index in [0.29, 0.717) is 6.42 Å². The summed E-state index contributed by atoms with van der Waals surface area (Å²) in [4.78, 5) is 4.18. The fourth-order valence-electron chi connectivity index (χ4n) is 1.95. The Bertz CT molecular complexity index is 507. The first-order chi connectivity index (χ1) is 11.4. The molecule has 0 rings (SSSR count). The lowest BCUT2D eigenvalue weighted by atomic mass is 9.82. The molecule has 0 aromatic carbocycles. The summed E-state index contributed by atoms with van der Waals surface area (Å²) in [6, 6.07) is -0.447. The zero-order valence-electron chi connectivity index (χ0n) is 14.3. The molecule has 0 amide bonds. The average Bonchev–Trinajstić information content (AvgIpc) is 2.44. The van der Waals surface area contributed by atoms with Crippen LogP contribution in [0.3, 0.4) is 0 Å². The maximum absolute atomic E-state index is 12.3. The molecule has 0 aromatic heterocycles.